The molecule has 2 rings (SSSR count). The predicted octanol–water partition coefficient (Wildman–Crippen LogP) is 2.93. The molecule has 0 bridgehead atoms. The van der Waals surface area contributed by atoms with Crippen LogP contribution < -0.4 is 10.1 Å². The summed E-state index contributed by atoms with van der Waals surface area (Å²) < 4.78 is 18.4. The molecule has 1 N–H and O–H groups in total. The lowest BCUT2D eigenvalue weighted by atomic mass is 10.1. The van der Waals surface area contributed by atoms with Crippen LogP contribution >= 0.6 is 0 Å². The lowest BCUT2D eigenvalue weighted by Gasteiger charge is -2.15. The van der Waals surface area contributed by atoms with E-state index in [2.05, 4.69) is 5.32 Å². The van der Waals surface area contributed by atoms with E-state index in [9.17, 15) is 19.3 Å². The third kappa shape index (κ3) is 4.50. The third-order valence-corrected chi connectivity index (χ3v) is 3.02. The van der Waals surface area contributed by atoms with Crippen molar-refractivity contribution in [2.75, 3.05) is 6.61 Å². The largest absolute Gasteiger partial charge is 0.491 e. The Labute approximate surface area is 132 Å². The molecule has 6 nitrogen and oxygen atoms in total. The van der Waals surface area contributed by atoms with Crippen LogP contribution in [0.4, 0.5) is 10.1 Å². The number of hydrogen-bond acceptors (Lipinski definition) is 4. The monoisotopic (exact) mass is 318 g/mol. The van der Waals surface area contributed by atoms with Crippen molar-refractivity contribution in [3.8, 4) is 5.75 Å². The quantitative estimate of drug-likeness (QED) is 0.656. The van der Waals surface area contributed by atoms with Gasteiger partial charge in [-0.15, -0.1) is 0 Å². The number of hydrogen-bond donors (Lipinski definition) is 1. The van der Waals surface area contributed by atoms with Crippen molar-refractivity contribution in [3.05, 3.63) is 70.0 Å². The Hall–Kier alpha value is -2.96. The highest BCUT2D eigenvalue weighted by molar-refractivity contribution is 5.98. The van der Waals surface area contributed by atoms with Crippen molar-refractivity contribution in [2.45, 2.75) is 13.0 Å². The van der Waals surface area contributed by atoms with Gasteiger partial charge in [0.2, 0.25) is 0 Å². The van der Waals surface area contributed by atoms with Gasteiger partial charge in [0.15, 0.2) is 0 Å². The average molecular weight is 318 g/mol. The van der Waals surface area contributed by atoms with E-state index in [0.717, 1.165) is 0 Å². The molecule has 2 aromatic rings. The number of para-hydroxylation sites is 1. The zero-order valence-electron chi connectivity index (χ0n) is 12.4. The Kier molecular flexibility index (Phi) is 5.24. The number of rotatable bonds is 6. The van der Waals surface area contributed by atoms with Crippen molar-refractivity contribution in [2.24, 2.45) is 0 Å². The van der Waals surface area contributed by atoms with Crippen LogP contribution in [0.2, 0.25) is 0 Å². The minimum absolute atomic E-state index is 0.0184. The van der Waals surface area contributed by atoms with Gasteiger partial charge in [0, 0.05) is 12.1 Å². The molecule has 1 amide bonds. The lowest BCUT2D eigenvalue weighted by molar-refractivity contribution is -0.385. The van der Waals surface area contributed by atoms with E-state index in [0.29, 0.717) is 5.75 Å². The number of nitrogens with one attached hydrogen (secondary N) is 1. The highest BCUT2D eigenvalue weighted by Gasteiger charge is 2.20. The van der Waals surface area contributed by atoms with Crippen LogP contribution in [0.1, 0.15) is 17.3 Å². The van der Waals surface area contributed by atoms with Crippen LogP contribution in [0.25, 0.3) is 0 Å². The number of halogens is 1. The Bertz CT molecular complexity index is 721. The summed E-state index contributed by atoms with van der Waals surface area (Å²) in [4.78, 5) is 22.4. The Morgan fingerprint density at radius 1 is 1.30 bits per heavy atom. The highest BCUT2D eigenvalue weighted by Crippen LogP contribution is 2.17. The number of nitro benzene ring substituents is 1. The van der Waals surface area contributed by atoms with Crippen LogP contribution in [-0.2, 0) is 0 Å². The third-order valence-electron chi connectivity index (χ3n) is 3.02. The van der Waals surface area contributed by atoms with Crippen LogP contribution in [0, 0.1) is 15.9 Å². The van der Waals surface area contributed by atoms with Crippen LogP contribution in [-0.4, -0.2) is 23.5 Å². The minimum Gasteiger partial charge on any atom is -0.491 e. The summed E-state index contributed by atoms with van der Waals surface area (Å²) in [5.74, 6) is -0.636. The van der Waals surface area contributed by atoms with Gasteiger partial charge in [-0.1, -0.05) is 18.2 Å². The van der Waals surface area contributed by atoms with E-state index >= 15 is 0 Å². The zero-order valence-corrected chi connectivity index (χ0v) is 12.4. The molecule has 0 aliphatic rings. The summed E-state index contributed by atoms with van der Waals surface area (Å²) in [7, 11) is 0. The second-order valence-corrected chi connectivity index (χ2v) is 4.92. The Morgan fingerprint density at radius 3 is 2.74 bits per heavy atom. The van der Waals surface area contributed by atoms with Crippen LogP contribution in [0.5, 0.6) is 5.75 Å². The van der Waals surface area contributed by atoms with Gasteiger partial charge in [-0.05, 0) is 25.1 Å². The van der Waals surface area contributed by atoms with E-state index in [1.54, 1.807) is 19.1 Å². The molecule has 0 radical (unpaired) electrons. The fourth-order valence-corrected chi connectivity index (χ4v) is 1.95. The van der Waals surface area contributed by atoms with Crippen molar-refractivity contribution in [3.63, 3.8) is 0 Å². The second-order valence-electron chi connectivity index (χ2n) is 4.92. The van der Waals surface area contributed by atoms with E-state index in [1.807, 2.05) is 0 Å². The van der Waals surface area contributed by atoms with Gasteiger partial charge in [0.05, 0.1) is 11.0 Å². The average Bonchev–Trinajstić information content (AvgIpc) is 2.53. The van der Waals surface area contributed by atoms with Gasteiger partial charge in [0.25, 0.3) is 11.6 Å². The standard InChI is InChI=1S/C16H15FN2O4/c1-11(10-23-13-6-4-5-12(17)9-13)18-16(20)14-7-2-3-8-15(14)19(21)22/h2-9,11H,10H2,1H3,(H,18,20)/t11-/m1/s1. The van der Waals surface area contributed by atoms with Gasteiger partial charge in [-0.25, -0.2) is 4.39 Å². The molecule has 0 saturated carbocycles. The summed E-state index contributed by atoms with van der Waals surface area (Å²) >= 11 is 0. The summed E-state index contributed by atoms with van der Waals surface area (Å²) in [5.41, 5.74) is -0.279. The molecule has 0 unspecified atom stereocenters. The van der Waals surface area contributed by atoms with E-state index in [-0.39, 0.29) is 17.9 Å². The van der Waals surface area contributed by atoms with Crippen LogP contribution in [0.3, 0.4) is 0 Å². The number of carbonyl (C=O) groups is 1. The predicted molar refractivity (Wildman–Crippen MR) is 81.9 cm³/mol. The summed E-state index contributed by atoms with van der Waals surface area (Å²) in [6.45, 7) is 1.79. The van der Waals surface area contributed by atoms with Gasteiger partial charge in [-0.2, -0.15) is 0 Å². The molecule has 0 saturated heterocycles. The second kappa shape index (κ2) is 7.35. The van der Waals surface area contributed by atoms with Crippen molar-refractivity contribution in [1.82, 2.24) is 5.32 Å². The molecule has 23 heavy (non-hydrogen) atoms. The van der Waals surface area contributed by atoms with Gasteiger partial charge in [0.1, 0.15) is 23.7 Å². The van der Waals surface area contributed by atoms with Crippen LogP contribution in [0.15, 0.2) is 48.5 Å². The summed E-state index contributed by atoms with van der Waals surface area (Å²) in [6.07, 6.45) is 0. The van der Waals surface area contributed by atoms with Gasteiger partial charge >= 0.3 is 0 Å². The molecule has 7 heteroatoms. The zero-order chi connectivity index (χ0) is 16.8. The lowest BCUT2D eigenvalue weighted by Crippen LogP contribution is -2.37. The summed E-state index contributed by atoms with van der Waals surface area (Å²) in [5, 5.41) is 13.5. The molecule has 2 aromatic carbocycles. The molecular weight excluding hydrogens is 303 g/mol. The van der Waals surface area contributed by atoms with E-state index < -0.39 is 22.7 Å². The first-order valence-corrected chi connectivity index (χ1v) is 6.90. The van der Waals surface area contributed by atoms with E-state index in [1.165, 1.54) is 36.4 Å². The first-order valence-electron chi connectivity index (χ1n) is 6.90. The molecule has 120 valence electrons. The highest BCUT2D eigenvalue weighted by atomic mass is 19.1. The van der Waals surface area contributed by atoms with Crippen molar-refractivity contribution < 1.29 is 18.8 Å². The fourth-order valence-electron chi connectivity index (χ4n) is 1.95. The molecule has 0 aromatic heterocycles. The topological polar surface area (TPSA) is 81.5 Å². The van der Waals surface area contributed by atoms with E-state index in [4.69, 9.17) is 4.74 Å². The SMILES string of the molecule is C[C@H](COc1cccc(F)c1)NC(=O)c1ccccc1[N+](=O)[O-]. The number of ether oxygens (including phenoxy) is 1. The maximum atomic E-state index is 13.0. The first kappa shape index (κ1) is 16.4. The normalized spacial score (nSPS) is 11.6. The van der Waals surface area contributed by atoms with Crippen molar-refractivity contribution >= 4 is 11.6 Å². The number of amides is 1. The molecule has 0 fully saturated rings. The van der Waals surface area contributed by atoms with Gasteiger partial charge < -0.3 is 10.1 Å². The molecule has 1 atom stereocenters. The first-order chi connectivity index (χ1) is 11.0. The molecule has 0 heterocycles. The minimum atomic E-state index is -0.608. The maximum Gasteiger partial charge on any atom is 0.282 e. The smallest absolute Gasteiger partial charge is 0.282 e. The maximum absolute atomic E-state index is 13.0. The molecule has 0 spiro atoms. The number of benzene rings is 2. The molecule has 0 aliphatic carbocycles. The molecular formula is C16H15FN2O4. The Morgan fingerprint density at radius 2 is 2.04 bits per heavy atom. The fraction of sp³-hybridized carbons (Fsp3) is 0.188. The molecule has 0 aliphatic heterocycles. The van der Waals surface area contributed by atoms with Crippen molar-refractivity contribution in [1.29, 1.82) is 0 Å². The number of carbonyl (C=O) groups excluding carboxylic acids is 1. The number of nitro groups is 1. The van der Waals surface area contributed by atoms with Gasteiger partial charge in [-0.3, -0.25) is 14.9 Å². The number of nitrogens with zero attached hydrogens (tertiary/aromatic N) is 1. The Balaban J connectivity index is 1.96. The summed E-state index contributed by atoms with van der Waals surface area (Å²) in [6, 6.07) is 10.9.